The first-order chi connectivity index (χ1) is 8.23. The molecule has 1 aliphatic rings. The molecule has 0 aromatic rings. The van der Waals surface area contributed by atoms with Crippen LogP contribution in [-0.4, -0.2) is 29.9 Å². The SMILES string of the molecule is CC(N)C(C)C(=O)N1CCCC(C(C)(C)C)CC1.Cl. The number of likely N-dealkylation sites (tertiary alicyclic amines) is 1. The first kappa shape index (κ1) is 18.7. The average Bonchev–Trinajstić information content (AvgIpc) is 2.51. The van der Waals surface area contributed by atoms with Crippen molar-refractivity contribution in [1.29, 1.82) is 0 Å². The van der Waals surface area contributed by atoms with Gasteiger partial charge in [-0.1, -0.05) is 27.7 Å². The number of halogens is 1. The molecule has 0 aromatic heterocycles. The second-order valence-electron chi connectivity index (χ2n) is 6.97. The minimum absolute atomic E-state index is 0. The molecule has 114 valence electrons. The van der Waals surface area contributed by atoms with Gasteiger partial charge in [-0.05, 0) is 37.5 Å². The minimum Gasteiger partial charge on any atom is -0.342 e. The van der Waals surface area contributed by atoms with E-state index in [2.05, 4.69) is 20.8 Å². The Morgan fingerprint density at radius 3 is 2.26 bits per heavy atom. The molecule has 19 heavy (non-hydrogen) atoms. The number of hydrogen-bond donors (Lipinski definition) is 1. The van der Waals surface area contributed by atoms with Crippen molar-refractivity contribution in [2.45, 2.75) is 59.9 Å². The molecule has 4 heteroatoms. The van der Waals surface area contributed by atoms with Crippen LogP contribution >= 0.6 is 12.4 Å². The van der Waals surface area contributed by atoms with Gasteiger partial charge >= 0.3 is 0 Å². The zero-order chi connectivity index (χ0) is 13.9. The third kappa shape index (κ3) is 5.31. The van der Waals surface area contributed by atoms with E-state index in [4.69, 9.17) is 5.73 Å². The van der Waals surface area contributed by atoms with Crippen molar-refractivity contribution in [1.82, 2.24) is 4.90 Å². The van der Waals surface area contributed by atoms with E-state index < -0.39 is 0 Å². The molecular formula is C15H31ClN2O. The summed E-state index contributed by atoms with van der Waals surface area (Å²) in [7, 11) is 0. The molecule has 3 nitrogen and oxygen atoms in total. The average molecular weight is 291 g/mol. The Hall–Kier alpha value is -0.280. The molecule has 0 aromatic carbocycles. The van der Waals surface area contributed by atoms with Gasteiger partial charge in [-0.15, -0.1) is 12.4 Å². The minimum atomic E-state index is -0.0591. The second kappa shape index (κ2) is 7.49. The fourth-order valence-corrected chi connectivity index (χ4v) is 2.70. The van der Waals surface area contributed by atoms with Gasteiger partial charge in [0, 0.05) is 19.1 Å². The number of amides is 1. The van der Waals surface area contributed by atoms with Crippen molar-refractivity contribution in [2.75, 3.05) is 13.1 Å². The van der Waals surface area contributed by atoms with Gasteiger partial charge in [-0.2, -0.15) is 0 Å². The summed E-state index contributed by atoms with van der Waals surface area (Å²) in [4.78, 5) is 14.3. The first-order valence-electron chi connectivity index (χ1n) is 7.28. The van der Waals surface area contributed by atoms with Gasteiger partial charge < -0.3 is 10.6 Å². The summed E-state index contributed by atoms with van der Waals surface area (Å²) in [5.41, 5.74) is 6.18. The van der Waals surface area contributed by atoms with E-state index in [-0.39, 0.29) is 30.3 Å². The lowest BCUT2D eigenvalue weighted by molar-refractivity contribution is -0.135. The van der Waals surface area contributed by atoms with E-state index in [0.29, 0.717) is 5.41 Å². The highest BCUT2D eigenvalue weighted by Gasteiger charge is 2.30. The molecule has 3 unspecified atom stereocenters. The topological polar surface area (TPSA) is 46.3 Å². The number of carbonyl (C=O) groups excluding carboxylic acids is 1. The maximum absolute atomic E-state index is 12.3. The van der Waals surface area contributed by atoms with Crippen molar-refractivity contribution in [3.05, 3.63) is 0 Å². The van der Waals surface area contributed by atoms with Gasteiger partial charge in [0.2, 0.25) is 5.91 Å². The summed E-state index contributed by atoms with van der Waals surface area (Å²) < 4.78 is 0. The largest absolute Gasteiger partial charge is 0.342 e. The van der Waals surface area contributed by atoms with Crippen LogP contribution in [0.3, 0.4) is 0 Å². The predicted octanol–water partition coefficient (Wildman–Crippen LogP) is 3.07. The van der Waals surface area contributed by atoms with Crippen molar-refractivity contribution < 1.29 is 4.79 Å². The maximum Gasteiger partial charge on any atom is 0.226 e. The van der Waals surface area contributed by atoms with Crippen LogP contribution in [-0.2, 0) is 4.79 Å². The summed E-state index contributed by atoms with van der Waals surface area (Å²) >= 11 is 0. The maximum atomic E-state index is 12.3. The summed E-state index contributed by atoms with van der Waals surface area (Å²) in [5.74, 6) is 0.900. The number of hydrogen-bond acceptors (Lipinski definition) is 2. The highest BCUT2D eigenvalue weighted by molar-refractivity contribution is 5.85. The predicted molar refractivity (Wildman–Crippen MR) is 83.4 cm³/mol. The lowest BCUT2D eigenvalue weighted by atomic mass is 9.77. The van der Waals surface area contributed by atoms with E-state index in [9.17, 15) is 4.79 Å². The van der Waals surface area contributed by atoms with Crippen LogP contribution in [0, 0.1) is 17.3 Å². The molecule has 3 atom stereocenters. The van der Waals surface area contributed by atoms with Crippen LogP contribution in [0.2, 0.25) is 0 Å². The second-order valence-corrected chi connectivity index (χ2v) is 6.97. The Bertz CT molecular complexity index is 286. The van der Waals surface area contributed by atoms with Crippen molar-refractivity contribution in [3.63, 3.8) is 0 Å². The normalized spacial score (nSPS) is 24.1. The van der Waals surface area contributed by atoms with Gasteiger partial charge in [0.25, 0.3) is 0 Å². The zero-order valence-corrected chi connectivity index (χ0v) is 13.9. The molecule has 0 radical (unpaired) electrons. The molecular weight excluding hydrogens is 260 g/mol. The summed E-state index contributed by atoms with van der Waals surface area (Å²) in [6, 6.07) is -0.0563. The number of carbonyl (C=O) groups is 1. The van der Waals surface area contributed by atoms with Gasteiger partial charge in [-0.25, -0.2) is 0 Å². The van der Waals surface area contributed by atoms with E-state index in [0.717, 1.165) is 31.8 Å². The molecule has 1 heterocycles. The molecule has 0 saturated carbocycles. The zero-order valence-electron chi connectivity index (χ0n) is 13.1. The Kier molecular flexibility index (Phi) is 7.38. The third-order valence-electron chi connectivity index (χ3n) is 4.44. The monoisotopic (exact) mass is 290 g/mol. The number of nitrogens with zero attached hydrogens (tertiary/aromatic N) is 1. The van der Waals surface area contributed by atoms with Crippen LogP contribution in [0.25, 0.3) is 0 Å². The molecule has 2 N–H and O–H groups in total. The third-order valence-corrected chi connectivity index (χ3v) is 4.44. The molecule has 1 fully saturated rings. The fraction of sp³-hybridized carbons (Fsp3) is 0.933. The first-order valence-corrected chi connectivity index (χ1v) is 7.28. The van der Waals surface area contributed by atoms with Gasteiger partial charge in [0.1, 0.15) is 0 Å². The van der Waals surface area contributed by atoms with Crippen LogP contribution in [0.5, 0.6) is 0 Å². The highest BCUT2D eigenvalue weighted by atomic mass is 35.5. The Labute approximate surface area is 124 Å². The Morgan fingerprint density at radius 2 is 1.79 bits per heavy atom. The van der Waals surface area contributed by atoms with E-state index in [1.165, 1.54) is 6.42 Å². The van der Waals surface area contributed by atoms with Crippen molar-refractivity contribution in [2.24, 2.45) is 23.0 Å². The summed E-state index contributed by atoms with van der Waals surface area (Å²) in [6.07, 6.45) is 3.49. The quantitative estimate of drug-likeness (QED) is 0.849. The van der Waals surface area contributed by atoms with Crippen LogP contribution in [0.1, 0.15) is 53.9 Å². The molecule has 1 aliphatic heterocycles. The standard InChI is InChI=1S/C15H30N2O.ClH/c1-11(12(2)16)14(18)17-9-6-7-13(8-10-17)15(3,4)5;/h11-13H,6-10,16H2,1-5H3;1H. The van der Waals surface area contributed by atoms with Gasteiger partial charge in [0.15, 0.2) is 0 Å². The van der Waals surface area contributed by atoms with Crippen molar-refractivity contribution in [3.8, 4) is 0 Å². The van der Waals surface area contributed by atoms with E-state index in [1.807, 2.05) is 18.7 Å². The van der Waals surface area contributed by atoms with Crippen LogP contribution in [0.15, 0.2) is 0 Å². The van der Waals surface area contributed by atoms with E-state index in [1.54, 1.807) is 0 Å². The smallest absolute Gasteiger partial charge is 0.226 e. The molecule has 0 bridgehead atoms. The lowest BCUT2D eigenvalue weighted by Gasteiger charge is -2.30. The number of rotatable bonds is 2. The molecule has 0 spiro atoms. The number of nitrogens with two attached hydrogens (primary N) is 1. The van der Waals surface area contributed by atoms with Crippen molar-refractivity contribution >= 4 is 18.3 Å². The lowest BCUT2D eigenvalue weighted by Crippen LogP contribution is -2.42. The molecule has 0 aliphatic carbocycles. The summed E-state index contributed by atoms with van der Waals surface area (Å²) in [5, 5.41) is 0. The fourth-order valence-electron chi connectivity index (χ4n) is 2.70. The highest BCUT2D eigenvalue weighted by Crippen LogP contribution is 2.34. The van der Waals surface area contributed by atoms with Gasteiger partial charge in [-0.3, -0.25) is 4.79 Å². The van der Waals surface area contributed by atoms with Crippen LogP contribution < -0.4 is 5.73 Å². The molecule has 1 saturated heterocycles. The Balaban J connectivity index is 0.00000324. The Morgan fingerprint density at radius 1 is 1.21 bits per heavy atom. The van der Waals surface area contributed by atoms with Gasteiger partial charge in [0.05, 0.1) is 5.92 Å². The molecule has 1 rings (SSSR count). The molecule has 1 amide bonds. The summed E-state index contributed by atoms with van der Waals surface area (Å²) in [6.45, 7) is 12.6. The van der Waals surface area contributed by atoms with Crippen LogP contribution in [0.4, 0.5) is 0 Å². The van der Waals surface area contributed by atoms with E-state index >= 15 is 0 Å².